The molecule has 0 aliphatic rings. The molecule has 3 heteroatoms. The number of nitrogens with zero attached hydrogens (tertiary/aromatic N) is 1. The molecule has 0 saturated heterocycles. The largest absolute Gasteiger partial charge is 0.185 e. The second kappa shape index (κ2) is 9.92. The monoisotopic (exact) mass is 110 g/mol. The minimum Gasteiger partial charge on any atom is -0.185 e. The molecule has 0 aliphatic carbocycles. The zero-order chi connectivity index (χ0) is 2.71. The topological polar surface area (TPSA) is 23.8 Å². The van der Waals surface area contributed by atoms with Gasteiger partial charge < -0.3 is 0 Å². The van der Waals surface area contributed by atoms with Gasteiger partial charge in [-0.05, 0) is 0 Å². The zero-order valence-electron chi connectivity index (χ0n) is 1.84. The molecule has 21 valence electrons. The summed E-state index contributed by atoms with van der Waals surface area (Å²) in [5.74, 6) is 0. The maximum atomic E-state index is 7.18. The Bertz CT molecular complexity index is 29.5. The fourth-order valence-corrected chi connectivity index (χ4v) is 0. The molecule has 0 aromatic carbocycles. The van der Waals surface area contributed by atoms with Gasteiger partial charge in [0.1, 0.15) is 5.40 Å². The van der Waals surface area contributed by atoms with Crippen molar-refractivity contribution in [2.45, 2.75) is 0 Å². The van der Waals surface area contributed by atoms with Gasteiger partial charge in [-0.25, -0.2) is 0 Å². The van der Waals surface area contributed by atoms with Gasteiger partial charge in [-0.1, -0.05) is 12.6 Å². The van der Waals surface area contributed by atoms with E-state index in [1.165, 1.54) is 5.40 Å². The standard InChI is InChI=1S/CHNS.V/c2-1-3;/h3H;. The van der Waals surface area contributed by atoms with Crippen molar-refractivity contribution in [2.75, 3.05) is 0 Å². The third-order valence-electron chi connectivity index (χ3n) is 0. The van der Waals surface area contributed by atoms with Crippen molar-refractivity contribution < 1.29 is 18.6 Å². The summed E-state index contributed by atoms with van der Waals surface area (Å²) in [5.41, 5.74) is 0. The van der Waals surface area contributed by atoms with E-state index in [4.69, 9.17) is 5.26 Å². The molecular weight excluding hydrogens is 109 g/mol. The Hall–Kier alpha value is 0.424. The average Bonchev–Trinajstić information content (AvgIpc) is 0.918. The summed E-state index contributed by atoms with van der Waals surface area (Å²) >= 11 is 3.09. The molecule has 1 nitrogen and oxygen atoms in total. The van der Waals surface area contributed by atoms with Crippen molar-refractivity contribution in [3.63, 3.8) is 0 Å². The van der Waals surface area contributed by atoms with Gasteiger partial charge in [0.2, 0.25) is 0 Å². The summed E-state index contributed by atoms with van der Waals surface area (Å²) in [4.78, 5) is 0. The number of hydrogen-bond acceptors (Lipinski definition) is 2. The second-order valence-corrected chi connectivity index (χ2v) is 0.300. The molecule has 0 fully saturated rings. The number of rotatable bonds is 0. The molecule has 0 rings (SSSR count). The molecule has 0 heterocycles. The minimum absolute atomic E-state index is 0. The Kier molecular flexibility index (Phi) is 21.9. The first-order valence-electron chi connectivity index (χ1n) is 0.447. The number of thiol groups is 1. The van der Waals surface area contributed by atoms with Crippen LogP contribution in [0.2, 0.25) is 0 Å². The number of nitriles is 1. The SMILES string of the molecule is N#CS.[V]. The average molecular weight is 110 g/mol. The molecule has 0 spiro atoms. The van der Waals surface area contributed by atoms with Crippen LogP contribution >= 0.6 is 12.6 Å². The van der Waals surface area contributed by atoms with Gasteiger partial charge in [0.05, 0.1) is 0 Å². The van der Waals surface area contributed by atoms with Gasteiger partial charge in [-0.3, -0.25) is 0 Å². The van der Waals surface area contributed by atoms with Gasteiger partial charge in [-0.15, -0.1) is 0 Å². The molecule has 0 aromatic heterocycles. The van der Waals surface area contributed by atoms with Gasteiger partial charge in [0, 0.05) is 18.6 Å². The molecule has 0 unspecified atom stereocenters. The molecule has 0 aliphatic heterocycles. The van der Waals surface area contributed by atoms with E-state index in [0.717, 1.165) is 0 Å². The summed E-state index contributed by atoms with van der Waals surface area (Å²) in [6.07, 6.45) is 0. The van der Waals surface area contributed by atoms with Crippen LogP contribution in [0.4, 0.5) is 0 Å². The molecule has 0 N–H and O–H groups in total. The van der Waals surface area contributed by atoms with Crippen LogP contribution in [0.1, 0.15) is 0 Å². The van der Waals surface area contributed by atoms with Crippen LogP contribution < -0.4 is 0 Å². The molecule has 0 atom stereocenters. The molecule has 0 bridgehead atoms. The van der Waals surface area contributed by atoms with E-state index in [1.807, 2.05) is 0 Å². The summed E-state index contributed by atoms with van der Waals surface area (Å²) in [7, 11) is 0. The minimum atomic E-state index is 0. The predicted octanol–water partition coefficient (Wildman–Crippen LogP) is 0.395. The van der Waals surface area contributed by atoms with E-state index < -0.39 is 0 Å². The summed E-state index contributed by atoms with van der Waals surface area (Å²) in [6, 6.07) is 0. The van der Waals surface area contributed by atoms with Crippen molar-refractivity contribution in [1.82, 2.24) is 0 Å². The van der Waals surface area contributed by atoms with Crippen molar-refractivity contribution in [3.8, 4) is 5.40 Å². The zero-order valence-corrected chi connectivity index (χ0v) is 4.13. The Morgan fingerprint density at radius 2 is 1.75 bits per heavy atom. The van der Waals surface area contributed by atoms with E-state index in [-0.39, 0.29) is 18.6 Å². The fourth-order valence-electron chi connectivity index (χ4n) is 0. The van der Waals surface area contributed by atoms with E-state index in [1.54, 1.807) is 0 Å². The maximum absolute atomic E-state index is 7.18. The van der Waals surface area contributed by atoms with Gasteiger partial charge in [0.15, 0.2) is 0 Å². The van der Waals surface area contributed by atoms with Crippen LogP contribution in [0.5, 0.6) is 0 Å². The molecule has 1 radical (unpaired) electrons. The first-order valence-corrected chi connectivity index (χ1v) is 0.894. The summed E-state index contributed by atoms with van der Waals surface area (Å²) in [5, 5.41) is 8.63. The van der Waals surface area contributed by atoms with E-state index in [2.05, 4.69) is 12.6 Å². The first-order chi connectivity index (χ1) is 1.41. The van der Waals surface area contributed by atoms with Gasteiger partial charge >= 0.3 is 0 Å². The smallest absolute Gasteiger partial charge is 0.130 e. The van der Waals surface area contributed by atoms with Crippen LogP contribution in [0, 0.1) is 10.7 Å². The molecular formula is CHNSV. The van der Waals surface area contributed by atoms with Crippen molar-refractivity contribution in [3.05, 3.63) is 0 Å². The van der Waals surface area contributed by atoms with E-state index >= 15 is 0 Å². The normalized spacial score (nSPS) is 2.00. The maximum Gasteiger partial charge on any atom is 0.130 e. The predicted molar refractivity (Wildman–Crippen MR) is 14.6 cm³/mol. The fraction of sp³-hybridized carbons (Fsp3) is 0. The Labute approximate surface area is 42.3 Å². The third-order valence-corrected chi connectivity index (χ3v) is 0. The quantitative estimate of drug-likeness (QED) is 0.354. The second-order valence-electron chi connectivity index (χ2n) is 0.100. The Balaban J connectivity index is 0. The Morgan fingerprint density at radius 3 is 1.75 bits per heavy atom. The molecule has 4 heavy (non-hydrogen) atoms. The molecule has 0 saturated carbocycles. The van der Waals surface area contributed by atoms with Gasteiger partial charge in [-0.2, -0.15) is 5.26 Å². The third kappa shape index (κ3) is 27.3. The summed E-state index contributed by atoms with van der Waals surface area (Å²) in [6.45, 7) is 0. The number of thiocyanates is 1. The van der Waals surface area contributed by atoms with Crippen LogP contribution in [0.25, 0.3) is 0 Å². The molecule has 0 aromatic rings. The Morgan fingerprint density at radius 1 is 1.75 bits per heavy atom. The number of hydrogen-bond donors (Lipinski definition) is 1. The van der Waals surface area contributed by atoms with E-state index in [0.29, 0.717) is 0 Å². The molecule has 0 amide bonds. The van der Waals surface area contributed by atoms with E-state index in [9.17, 15) is 0 Å². The van der Waals surface area contributed by atoms with Crippen molar-refractivity contribution >= 4 is 12.6 Å². The van der Waals surface area contributed by atoms with Crippen LogP contribution in [0.15, 0.2) is 0 Å². The van der Waals surface area contributed by atoms with Gasteiger partial charge in [0.25, 0.3) is 0 Å². The summed E-state index contributed by atoms with van der Waals surface area (Å²) < 4.78 is 0. The van der Waals surface area contributed by atoms with Crippen LogP contribution in [-0.4, -0.2) is 0 Å². The van der Waals surface area contributed by atoms with Crippen molar-refractivity contribution in [1.29, 1.82) is 5.26 Å². The van der Waals surface area contributed by atoms with Crippen molar-refractivity contribution in [2.24, 2.45) is 0 Å². The van der Waals surface area contributed by atoms with Crippen LogP contribution in [-0.2, 0) is 18.6 Å². The van der Waals surface area contributed by atoms with Crippen LogP contribution in [0.3, 0.4) is 0 Å². The first kappa shape index (κ1) is 8.83.